The van der Waals surface area contributed by atoms with Crippen LogP contribution in [0, 0.1) is 11.3 Å². The van der Waals surface area contributed by atoms with Crippen molar-refractivity contribution >= 4 is 15.5 Å². The van der Waals surface area contributed by atoms with Gasteiger partial charge >= 0.3 is 0 Å². The van der Waals surface area contributed by atoms with Crippen molar-refractivity contribution in [3.8, 4) is 6.07 Å². The molecule has 0 unspecified atom stereocenters. The number of pyridine rings is 1. The summed E-state index contributed by atoms with van der Waals surface area (Å²) in [6.45, 7) is 0. The van der Waals surface area contributed by atoms with Crippen molar-refractivity contribution in [2.24, 2.45) is 0 Å². The van der Waals surface area contributed by atoms with Gasteiger partial charge in [-0.05, 0) is 18.9 Å². The molecule has 0 aliphatic heterocycles. The Balaban J connectivity index is 2.49. The summed E-state index contributed by atoms with van der Waals surface area (Å²) in [6, 6.07) is 3.46. The monoisotopic (exact) mass is 293 g/mol. The van der Waals surface area contributed by atoms with E-state index < -0.39 is 9.84 Å². The van der Waals surface area contributed by atoms with Crippen molar-refractivity contribution in [3.63, 3.8) is 0 Å². The van der Waals surface area contributed by atoms with E-state index in [1.54, 1.807) is 11.0 Å². The van der Waals surface area contributed by atoms with Crippen LogP contribution in [-0.4, -0.2) is 32.7 Å². The van der Waals surface area contributed by atoms with Crippen molar-refractivity contribution in [1.29, 1.82) is 5.26 Å². The summed E-state index contributed by atoms with van der Waals surface area (Å²) in [5.41, 5.74) is 0.694. The highest BCUT2D eigenvalue weighted by molar-refractivity contribution is 7.92. The smallest absolute Gasteiger partial charge is 0.184 e. The van der Waals surface area contributed by atoms with E-state index in [-0.39, 0.29) is 15.8 Å². The van der Waals surface area contributed by atoms with Gasteiger partial charge in [-0.15, -0.1) is 0 Å². The van der Waals surface area contributed by atoms with Gasteiger partial charge in [0.2, 0.25) is 0 Å². The number of sulfone groups is 1. The second kappa shape index (κ2) is 5.80. The van der Waals surface area contributed by atoms with E-state index in [4.69, 9.17) is 5.26 Å². The van der Waals surface area contributed by atoms with Crippen LogP contribution >= 0.6 is 0 Å². The van der Waals surface area contributed by atoms with Crippen molar-refractivity contribution in [1.82, 2.24) is 4.98 Å². The van der Waals surface area contributed by atoms with Crippen molar-refractivity contribution in [2.75, 3.05) is 19.0 Å². The first-order chi connectivity index (χ1) is 9.46. The number of hydrogen-bond acceptors (Lipinski definition) is 5. The van der Waals surface area contributed by atoms with Gasteiger partial charge in [-0.25, -0.2) is 13.4 Å². The number of nitrogens with zero attached hydrogens (tertiary/aromatic N) is 3. The van der Waals surface area contributed by atoms with Gasteiger partial charge in [0.05, 0.1) is 17.1 Å². The van der Waals surface area contributed by atoms with E-state index in [1.807, 2.05) is 20.2 Å². The lowest BCUT2D eigenvalue weighted by Gasteiger charge is -2.22. The molecule has 0 spiro atoms. The Labute approximate surface area is 120 Å². The zero-order chi connectivity index (χ0) is 14.8. The van der Waals surface area contributed by atoms with Crippen LogP contribution in [0.2, 0.25) is 0 Å². The zero-order valence-electron chi connectivity index (χ0n) is 11.8. The lowest BCUT2D eigenvalue weighted by Crippen LogP contribution is -2.25. The molecule has 0 bridgehead atoms. The highest BCUT2D eigenvalue weighted by atomic mass is 32.2. The Kier molecular flexibility index (Phi) is 4.29. The third-order valence-electron chi connectivity index (χ3n) is 3.76. The van der Waals surface area contributed by atoms with E-state index in [2.05, 4.69) is 4.98 Å². The normalized spacial score (nSPS) is 16.6. The second-order valence-corrected chi connectivity index (χ2v) is 7.55. The van der Waals surface area contributed by atoms with E-state index in [9.17, 15) is 8.42 Å². The topological polar surface area (TPSA) is 74.1 Å². The standard InChI is InChI=1S/C14H19N3O2S/c1-17(2)11-8-14(13(9-15)16-10-11)20(18,19)12-6-4-3-5-7-12/h8,10,12H,3-7H2,1-2H3. The van der Waals surface area contributed by atoms with Gasteiger partial charge in [0.25, 0.3) is 0 Å². The number of nitriles is 1. The molecule has 0 radical (unpaired) electrons. The first-order valence-corrected chi connectivity index (χ1v) is 8.33. The average Bonchev–Trinajstić information content (AvgIpc) is 2.47. The summed E-state index contributed by atoms with van der Waals surface area (Å²) in [7, 11) is 0.167. The summed E-state index contributed by atoms with van der Waals surface area (Å²) in [5, 5.41) is 8.75. The van der Waals surface area contributed by atoms with E-state index in [0.717, 1.165) is 19.3 Å². The quantitative estimate of drug-likeness (QED) is 0.853. The maximum Gasteiger partial charge on any atom is 0.184 e. The average molecular weight is 293 g/mol. The molecule has 0 amide bonds. The molecule has 1 aromatic rings. The number of hydrogen-bond donors (Lipinski definition) is 0. The van der Waals surface area contributed by atoms with Crippen LogP contribution in [0.5, 0.6) is 0 Å². The molecule has 1 aromatic heterocycles. The Hall–Kier alpha value is -1.61. The molecule has 108 valence electrons. The summed E-state index contributed by atoms with van der Waals surface area (Å²) in [5.74, 6) is 0. The zero-order valence-corrected chi connectivity index (χ0v) is 12.7. The first-order valence-electron chi connectivity index (χ1n) is 6.78. The fourth-order valence-corrected chi connectivity index (χ4v) is 4.50. The molecule has 1 saturated carbocycles. The molecule has 0 aromatic carbocycles. The highest BCUT2D eigenvalue weighted by Crippen LogP contribution is 2.31. The van der Waals surface area contributed by atoms with Gasteiger partial charge in [0.1, 0.15) is 11.0 Å². The Morgan fingerprint density at radius 2 is 1.95 bits per heavy atom. The molecule has 1 aliphatic rings. The Morgan fingerprint density at radius 1 is 1.30 bits per heavy atom. The fourth-order valence-electron chi connectivity index (χ4n) is 2.53. The van der Waals surface area contributed by atoms with Crippen LogP contribution in [0.25, 0.3) is 0 Å². The predicted octanol–water partition coefficient (Wildman–Crippen LogP) is 2.13. The van der Waals surface area contributed by atoms with Crippen LogP contribution < -0.4 is 4.90 Å². The van der Waals surface area contributed by atoms with Crippen molar-refractivity contribution in [2.45, 2.75) is 42.2 Å². The Morgan fingerprint density at radius 3 is 2.50 bits per heavy atom. The van der Waals surface area contributed by atoms with Gasteiger partial charge in [-0.2, -0.15) is 5.26 Å². The summed E-state index contributed by atoms with van der Waals surface area (Å²) in [4.78, 5) is 5.86. The van der Waals surface area contributed by atoms with Gasteiger partial charge in [0, 0.05) is 14.1 Å². The van der Waals surface area contributed by atoms with Crippen LogP contribution in [0.15, 0.2) is 17.2 Å². The lowest BCUT2D eigenvalue weighted by atomic mass is 10.0. The van der Waals surface area contributed by atoms with Gasteiger partial charge in [0.15, 0.2) is 15.5 Å². The molecule has 0 N–H and O–H groups in total. The second-order valence-electron chi connectivity index (χ2n) is 5.35. The largest absolute Gasteiger partial charge is 0.376 e. The maximum atomic E-state index is 12.7. The molecular weight excluding hydrogens is 274 g/mol. The molecule has 5 nitrogen and oxygen atoms in total. The molecule has 0 atom stereocenters. The third kappa shape index (κ3) is 2.78. The van der Waals surface area contributed by atoms with Gasteiger partial charge < -0.3 is 4.90 Å². The molecule has 0 saturated heterocycles. The molecule has 1 heterocycles. The van der Waals surface area contributed by atoms with Crippen molar-refractivity contribution < 1.29 is 8.42 Å². The molecular formula is C14H19N3O2S. The molecule has 1 fully saturated rings. The number of rotatable bonds is 3. The third-order valence-corrected chi connectivity index (χ3v) is 6.03. The molecule has 20 heavy (non-hydrogen) atoms. The molecule has 6 heteroatoms. The van der Waals surface area contributed by atoms with Crippen LogP contribution in [-0.2, 0) is 9.84 Å². The Bertz CT molecular complexity index is 626. The number of anilines is 1. The van der Waals surface area contributed by atoms with Crippen LogP contribution in [0.3, 0.4) is 0 Å². The first kappa shape index (κ1) is 14.8. The van der Waals surface area contributed by atoms with Gasteiger partial charge in [-0.1, -0.05) is 19.3 Å². The summed E-state index contributed by atoms with van der Waals surface area (Å²) in [6.07, 6.45) is 5.85. The minimum Gasteiger partial charge on any atom is -0.376 e. The highest BCUT2D eigenvalue weighted by Gasteiger charge is 2.31. The summed E-state index contributed by atoms with van der Waals surface area (Å²) >= 11 is 0. The van der Waals surface area contributed by atoms with E-state index in [1.165, 1.54) is 6.20 Å². The maximum absolute atomic E-state index is 12.7. The van der Waals surface area contributed by atoms with E-state index >= 15 is 0 Å². The van der Waals surface area contributed by atoms with E-state index in [0.29, 0.717) is 18.5 Å². The SMILES string of the molecule is CN(C)c1cnc(C#N)c(S(=O)(=O)C2CCCCC2)c1. The lowest BCUT2D eigenvalue weighted by molar-refractivity contribution is 0.483. The van der Waals surface area contributed by atoms with Crippen LogP contribution in [0.1, 0.15) is 37.8 Å². The summed E-state index contributed by atoms with van der Waals surface area (Å²) < 4.78 is 25.5. The van der Waals surface area contributed by atoms with Crippen molar-refractivity contribution in [3.05, 3.63) is 18.0 Å². The minimum absolute atomic E-state index is 0.00109. The fraction of sp³-hybridized carbons (Fsp3) is 0.571. The van der Waals surface area contributed by atoms with Crippen LogP contribution in [0.4, 0.5) is 5.69 Å². The molecule has 2 rings (SSSR count). The number of aromatic nitrogens is 1. The predicted molar refractivity (Wildman–Crippen MR) is 77.3 cm³/mol. The minimum atomic E-state index is -3.47. The van der Waals surface area contributed by atoms with Gasteiger partial charge in [-0.3, -0.25) is 0 Å². The molecule has 1 aliphatic carbocycles.